The summed E-state index contributed by atoms with van der Waals surface area (Å²) in [6.45, 7) is 2.55. The highest BCUT2D eigenvalue weighted by atomic mass is 15.1. The number of nitrogens with zero attached hydrogens (tertiary/aromatic N) is 4. The van der Waals surface area contributed by atoms with Crippen molar-refractivity contribution in [2.45, 2.75) is 13.5 Å². The first kappa shape index (κ1) is 15.4. The van der Waals surface area contributed by atoms with E-state index in [1.165, 1.54) is 0 Å². The van der Waals surface area contributed by atoms with Gasteiger partial charge in [0.05, 0.1) is 11.3 Å². The smallest absolute Gasteiger partial charge is 0.229 e. The summed E-state index contributed by atoms with van der Waals surface area (Å²) >= 11 is 0. The molecular formula is C18H16N6. The third kappa shape index (κ3) is 3.84. The maximum atomic E-state index is 9.17. The summed E-state index contributed by atoms with van der Waals surface area (Å²) in [5.74, 6) is 1.17. The highest BCUT2D eigenvalue weighted by molar-refractivity contribution is 5.63. The fourth-order valence-corrected chi connectivity index (χ4v) is 2.22. The second kappa shape index (κ2) is 7.20. The normalized spacial score (nSPS) is 10.0. The summed E-state index contributed by atoms with van der Waals surface area (Å²) in [5, 5.41) is 15.5. The van der Waals surface area contributed by atoms with E-state index < -0.39 is 0 Å². The molecule has 0 radical (unpaired) electrons. The number of nitrogens with one attached hydrogen (secondary N) is 2. The zero-order valence-corrected chi connectivity index (χ0v) is 13.2. The Labute approximate surface area is 140 Å². The monoisotopic (exact) mass is 316 g/mol. The Morgan fingerprint density at radius 1 is 1.08 bits per heavy atom. The molecule has 0 saturated heterocycles. The SMILES string of the molecule is Cc1cc(NCc2ccncc2)nc(Nc2ccccc2C#N)n1. The van der Waals surface area contributed by atoms with Crippen LogP contribution in [0, 0.1) is 18.3 Å². The fraction of sp³-hybridized carbons (Fsp3) is 0.111. The topological polar surface area (TPSA) is 86.5 Å². The van der Waals surface area contributed by atoms with Gasteiger partial charge in [-0.1, -0.05) is 12.1 Å². The summed E-state index contributed by atoms with van der Waals surface area (Å²) in [6, 6.07) is 15.2. The van der Waals surface area contributed by atoms with Gasteiger partial charge in [-0.05, 0) is 36.8 Å². The van der Waals surface area contributed by atoms with Gasteiger partial charge in [0.25, 0.3) is 0 Å². The summed E-state index contributed by atoms with van der Waals surface area (Å²) in [4.78, 5) is 12.8. The van der Waals surface area contributed by atoms with Gasteiger partial charge in [-0.2, -0.15) is 10.2 Å². The minimum absolute atomic E-state index is 0.454. The molecule has 3 rings (SSSR count). The second-order valence-electron chi connectivity index (χ2n) is 5.21. The standard InChI is InChI=1S/C18H16N6/c1-13-10-17(21-12-14-6-8-20-9-7-14)24-18(22-13)23-16-5-3-2-4-15(16)11-19/h2-10H,12H2,1H3,(H2,21,22,23,24). The highest BCUT2D eigenvalue weighted by Gasteiger charge is 2.06. The van der Waals surface area contributed by atoms with Gasteiger partial charge in [0.1, 0.15) is 11.9 Å². The number of nitriles is 1. The van der Waals surface area contributed by atoms with E-state index in [1.54, 1.807) is 18.5 Å². The van der Waals surface area contributed by atoms with E-state index in [9.17, 15) is 0 Å². The molecule has 0 spiro atoms. The van der Waals surface area contributed by atoms with Crippen LogP contribution in [0.3, 0.4) is 0 Å². The lowest BCUT2D eigenvalue weighted by atomic mass is 10.2. The van der Waals surface area contributed by atoms with Gasteiger partial charge >= 0.3 is 0 Å². The molecule has 0 aliphatic heterocycles. The number of hydrogen-bond acceptors (Lipinski definition) is 6. The van der Waals surface area contributed by atoms with Gasteiger partial charge in [0, 0.05) is 30.7 Å². The highest BCUT2D eigenvalue weighted by Crippen LogP contribution is 2.19. The molecular weight excluding hydrogens is 300 g/mol. The lowest BCUT2D eigenvalue weighted by molar-refractivity contribution is 1.05. The van der Waals surface area contributed by atoms with Crippen LogP contribution in [0.5, 0.6) is 0 Å². The van der Waals surface area contributed by atoms with Crippen LogP contribution in [0.25, 0.3) is 0 Å². The zero-order valence-electron chi connectivity index (χ0n) is 13.2. The molecule has 6 nitrogen and oxygen atoms in total. The molecule has 118 valence electrons. The van der Waals surface area contributed by atoms with E-state index in [-0.39, 0.29) is 0 Å². The van der Waals surface area contributed by atoms with E-state index in [4.69, 9.17) is 5.26 Å². The van der Waals surface area contributed by atoms with Crippen molar-refractivity contribution >= 4 is 17.5 Å². The molecule has 3 aromatic rings. The van der Waals surface area contributed by atoms with Gasteiger partial charge < -0.3 is 10.6 Å². The van der Waals surface area contributed by atoms with Crippen LogP contribution in [-0.2, 0) is 6.54 Å². The summed E-state index contributed by atoms with van der Waals surface area (Å²) < 4.78 is 0. The predicted octanol–water partition coefficient (Wildman–Crippen LogP) is 3.41. The molecule has 0 fully saturated rings. The first-order valence-electron chi connectivity index (χ1n) is 7.49. The second-order valence-corrected chi connectivity index (χ2v) is 5.21. The molecule has 0 atom stereocenters. The molecule has 0 aliphatic rings. The van der Waals surface area contributed by atoms with Crippen LogP contribution in [0.1, 0.15) is 16.8 Å². The minimum Gasteiger partial charge on any atom is -0.366 e. The van der Waals surface area contributed by atoms with Gasteiger partial charge in [-0.25, -0.2) is 4.98 Å². The molecule has 0 saturated carbocycles. The third-order valence-electron chi connectivity index (χ3n) is 3.37. The van der Waals surface area contributed by atoms with Gasteiger partial charge in [0.2, 0.25) is 5.95 Å². The molecule has 2 heterocycles. The Morgan fingerprint density at radius 3 is 2.67 bits per heavy atom. The number of aromatic nitrogens is 3. The first-order valence-corrected chi connectivity index (χ1v) is 7.49. The van der Waals surface area contributed by atoms with Crippen molar-refractivity contribution in [1.29, 1.82) is 5.26 Å². The maximum absolute atomic E-state index is 9.17. The Bertz CT molecular complexity index is 870. The first-order chi connectivity index (χ1) is 11.7. The van der Waals surface area contributed by atoms with Crippen molar-refractivity contribution < 1.29 is 0 Å². The largest absolute Gasteiger partial charge is 0.366 e. The molecule has 0 aliphatic carbocycles. The maximum Gasteiger partial charge on any atom is 0.229 e. The molecule has 2 N–H and O–H groups in total. The molecule has 0 bridgehead atoms. The summed E-state index contributed by atoms with van der Waals surface area (Å²) in [7, 11) is 0. The Balaban J connectivity index is 1.78. The number of para-hydroxylation sites is 1. The summed E-state index contributed by atoms with van der Waals surface area (Å²) in [5.41, 5.74) is 3.18. The number of rotatable bonds is 5. The van der Waals surface area contributed by atoms with Crippen LogP contribution < -0.4 is 10.6 Å². The van der Waals surface area contributed by atoms with Crippen LogP contribution in [0.2, 0.25) is 0 Å². The van der Waals surface area contributed by atoms with Crippen LogP contribution >= 0.6 is 0 Å². The minimum atomic E-state index is 0.454. The number of pyridine rings is 1. The summed E-state index contributed by atoms with van der Waals surface area (Å²) in [6.07, 6.45) is 3.52. The molecule has 0 amide bonds. The Morgan fingerprint density at radius 2 is 1.88 bits per heavy atom. The molecule has 0 unspecified atom stereocenters. The van der Waals surface area contributed by atoms with Crippen LogP contribution in [-0.4, -0.2) is 15.0 Å². The van der Waals surface area contributed by atoms with Crippen molar-refractivity contribution in [3.63, 3.8) is 0 Å². The number of hydrogen-bond donors (Lipinski definition) is 2. The Hall–Kier alpha value is -3.46. The molecule has 24 heavy (non-hydrogen) atoms. The lowest BCUT2D eigenvalue weighted by Crippen LogP contribution is -2.06. The van der Waals surface area contributed by atoms with E-state index in [0.717, 1.165) is 17.1 Å². The van der Waals surface area contributed by atoms with Crippen molar-refractivity contribution in [3.8, 4) is 6.07 Å². The third-order valence-corrected chi connectivity index (χ3v) is 3.37. The van der Waals surface area contributed by atoms with Crippen molar-refractivity contribution in [1.82, 2.24) is 15.0 Å². The van der Waals surface area contributed by atoms with Crippen LogP contribution in [0.15, 0.2) is 54.9 Å². The average Bonchev–Trinajstić information content (AvgIpc) is 2.61. The van der Waals surface area contributed by atoms with Gasteiger partial charge in [0.15, 0.2) is 0 Å². The average molecular weight is 316 g/mol. The Kier molecular flexibility index (Phi) is 4.63. The van der Waals surface area contributed by atoms with Crippen LogP contribution in [0.4, 0.5) is 17.5 Å². The van der Waals surface area contributed by atoms with E-state index in [0.29, 0.717) is 23.7 Å². The quantitative estimate of drug-likeness (QED) is 0.750. The van der Waals surface area contributed by atoms with Crippen molar-refractivity contribution in [3.05, 3.63) is 71.7 Å². The number of aryl methyl sites for hydroxylation is 1. The molecule has 1 aromatic carbocycles. The van der Waals surface area contributed by atoms with Gasteiger partial charge in [-0.15, -0.1) is 0 Å². The van der Waals surface area contributed by atoms with Gasteiger partial charge in [-0.3, -0.25) is 4.98 Å². The fourth-order valence-electron chi connectivity index (χ4n) is 2.22. The van der Waals surface area contributed by atoms with E-state index in [1.807, 2.05) is 43.3 Å². The van der Waals surface area contributed by atoms with Crippen molar-refractivity contribution in [2.75, 3.05) is 10.6 Å². The lowest BCUT2D eigenvalue weighted by Gasteiger charge is -2.10. The van der Waals surface area contributed by atoms with Crippen molar-refractivity contribution in [2.24, 2.45) is 0 Å². The number of anilines is 3. The zero-order chi connectivity index (χ0) is 16.8. The number of benzene rings is 1. The predicted molar refractivity (Wildman–Crippen MR) is 92.8 cm³/mol. The molecule has 2 aromatic heterocycles. The molecule has 6 heteroatoms. The van der Waals surface area contributed by atoms with E-state index in [2.05, 4.69) is 31.7 Å². The van der Waals surface area contributed by atoms with E-state index >= 15 is 0 Å².